The van der Waals surface area contributed by atoms with Gasteiger partial charge in [0.2, 0.25) is 0 Å². The van der Waals surface area contributed by atoms with Crippen LogP contribution >= 0.6 is 27.3 Å². The van der Waals surface area contributed by atoms with Crippen molar-refractivity contribution in [2.75, 3.05) is 0 Å². The quantitative estimate of drug-likeness (QED) is 0.659. The molecule has 0 fully saturated rings. The Kier molecular flexibility index (Phi) is 4.67. The number of nitrogens with zero attached hydrogens (tertiary/aromatic N) is 1. The molecule has 2 aromatic rings. The lowest BCUT2D eigenvalue weighted by atomic mass is 10.0. The topological polar surface area (TPSA) is 50.9 Å². The summed E-state index contributed by atoms with van der Waals surface area (Å²) in [5, 5.41) is 0. The number of hydrogen-bond acceptors (Lipinski definition) is 4. The largest absolute Gasteiger partial charge is 0.271 e. The molecule has 1 unspecified atom stereocenters. The van der Waals surface area contributed by atoms with Gasteiger partial charge in [-0.3, -0.25) is 16.3 Å². The number of nitrogens with two attached hydrogens (primary N) is 1. The zero-order valence-corrected chi connectivity index (χ0v) is 11.7. The minimum absolute atomic E-state index is 0.247. The van der Waals surface area contributed by atoms with Crippen LogP contribution in [0.1, 0.15) is 10.4 Å². The van der Waals surface area contributed by atoms with Crippen LogP contribution in [0.5, 0.6) is 0 Å². The lowest BCUT2D eigenvalue weighted by molar-refractivity contribution is 0.525. The van der Waals surface area contributed by atoms with Gasteiger partial charge in [-0.15, -0.1) is 11.3 Å². The fourth-order valence-electron chi connectivity index (χ4n) is 1.68. The number of nitrogens with one attached hydrogen (secondary N) is 1. The normalized spacial score (nSPS) is 12.6. The Morgan fingerprint density at radius 3 is 2.65 bits per heavy atom. The molecule has 2 rings (SSSR count). The molecule has 1 aromatic heterocycles. The Morgan fingerprint density at radius 2 is 2.06 bits per heavy atom. The number of hydrogen-bond donors (Lipinski definition) is 2. The predicted octanol–water partition coefficient (Wildman–Crippen LogP) is 2.52. The van der Waals surface area contributed by atoms with E-state index in [9.17, 15) is 0 Å². The number of thiazole rings is 1. The van der Waals surface area contributed by atoms with E-state index < -0.39 is 0 Å². The molecule has 3 nitrogen and oxygen atoms in total. The Hall–Kier alpha value is -0.750. The van der Waals surface area contributed by atoms with Crippen molar-refractivity contribution >= 4 is 27.3 Å². The van der Waals surface area contributed by atoms with E-state index in [2.05, 4.69) is 50.6 Å². The summed E-state index contributed by atoms with van der Waals surface area (Å²) in [6.45, 7) is 0. The molecule has 1 atom stereocenters. The van der Waals surface area contributed by atoms with Gasteiger partial charge >= 0.3 is 0 Å². The molecular weight excluding hydrogens is 298 g/mol. The lowest BCUT2D eigenvalue weighted by Crippen LogP contribution is -2.38. The number of halogens is 1. The molecule has 0 amide bonds. The molecule has 0 aliphatic rings. The van der Waals surface area contributed by atoms with Gasteiger partial charge in [-0.05, 0) is 24.1 Å². The van der Waals surface area contributed by atoms with Crippen LogP contribution in [0.4, 0.5) is 0 Å². The monoisotopic (exact) mass is 311 g/mol. The highest BCUT2D eigenvalue weighted by Crippen LogP contribution is 2.14. The summed E-state index contributed by atoms with van der Waals surface area (Å²) >= 11 is 5.10. The fourth-order valence-corrected chi connectivity index (χ4v) is 2.62. The summed E-state index contributed by atoms with van der Waals surface area (Å²) < 4.78 is 1.10. The van der Waals surface area contributed by atoms with E-state index in [0.29, 0.717) is 0 Å². The molecule has 1 aromatic carbocycles. The second kappa shape index (κ2) is 6.26. The van der Waals surface area contributed by atoms with Crippen LogP contribution in [0.2, 0.25) is 0 Å². The maximum absolute atomic E-state index is 5.59. The van der Waals surface area contributed by atoms with Crippen LogP contribution < -0.4 is 11.3 Å². The van der Waals surface area contributed by atoms with E-state index in [1.807, 2.05) is 11.7 Å². The molecule has 0 spiro atoms. The first-order valence-electron chi connectivity index (χ1n) is 5.36. The summed E-state index contributed by atoms with van der Waals surface area (Å²) in [6, 6.07) is 8.57. The van der Waals surface area contributed by atoms with Crippen LogP contribution in [0.3, 0.4) is 0 Å². The van der Waals surface area contributed by atoms with Crippen LogP contribution in [0, 0.1) is 0 Å². The van der Waals surface area contributed by atoms with Gasteiger partial charge in [-0.2, -0.15) is 0 Å². The molecule has 5 heteroatoms. The van der Waals surface area contributed by atoms with Gasteiger partial charge in [0.15, 0.2) is 0 Å². The van der Waals surface area contributed by atoms with Crippen LogP contribution in [-0.4, -0.2) is 11.0 Å². The lowest BCUT2D eigenvalue weighted by Gasteiger charge is -2.14. The first kappa shape index (κ1) is 12.7. The smallest absolute Gasteiger partial charge is 0.0794 e. The highest BCUT2D eigenvalue weighted by atomic mass is 79.9. The van der Waals surface area contributed by atoms with E-state index in [-0.39, 0.29) is 6.04 Å². The van der Waals surface area contributed by atoms with Crippen molar-refractivity contribution in [3.63, 3.8) is 0 Å². The number of aromatic nitrogens is 1. The van der Waals surface area contributed by atoms with Crippen LogP contribution in [0.25, 0.3) is 0 Å². The zero-order valence-electron chi connectivity index (χ0n) is 9.27. The van der Waals surface area contributed by atoms with Crippen molar-refractivity contribution in [1.82, 2.24) is 10.4 Å². The van der Waals surface area contributed by atoms with E-state index in [1.165, 1.54) is 10.4 Å². The third kappa shape index (κ3) is 3.89. The minimum Gasteiger partial charge on any atom is -0.271 e. The summed E-state index contributed by atoms with van der Waals surface area (Å²) in [5.74, 6) is 5.59. The van der Waals surface area contributed by atoms with Gasteiger partial charge in [0.25, 0.3) is 0 Å². The van der Waals surface area contributed by atoms with Gasteiger partial charge in [0.05, 0.1) is 5.51 Å². The van der Waals surface area contributed by atoms with Crippen molar-refractivity contribution in [2.45, 2.75) is 18.9 Å². The molecule has 1 heterocycles. The van der Waals surface area contributed by atoms with Gasteiger partial charge < -0.3 is 0 Å². The first-order valence-corrected chi connectivity index (χ1v) is 7.03. The number of benzene rings is 1. The molecule has 3 N–H and O–H groups in total. The molecule has 0 saturated carbocycles. The molecule has 0 aliphatic heterocycles. The molecule has 0 bridgehead atoms. The Bertz CT molecular complexity index is 441. The fraction of sp³-hybridized carbons (Fsp3) is 0.250. The van der Waals surface area contributed by atoms with E-state index in [0.717, 1.165) is 17.3 Å². The van der Waals surface area contributed by atoms with Crippen molar-refractivity contribution in [3.05, 3.63) is 50.9 Å². The van der Waals surface area contributed by atoms with E-state index >= 15 is 0 Å². The maximum Gasteiger partial charge on any atom is 0.0794 e. The standard InChI is InChI=1S/C12H14BrN3S/c13-10-3-1-9(2-4-10)5-11(16-14)6-12-7-15-8-17-12/h1-4,7-8,11,16H,5-6,14H2. The highest BCUT2D eigenvalue weighted by Gasteiger charge is 2.09. The molecule has 0 saturated heterocycles. The average molecular weight is 312 g/mol. The van der Waals surface area contributed by atoms with Crippen LogP contribution in [0.15, 0.2) is 40.4 Å². The van der Waals surface area contributed by atoms with Crippen molar-refractivity contribution in [3.8, 4) is 0 Å². The SMILES string of the molecule is NNC(Cc1ccc(Br)cc1)Cc1cncs1. The molecule has 0 aliphatic carbocycles. The first-order chi connectivity index (χ1) is 8.28. The minimum atomic E-state index is 0.247. The zero-order chi connectivity index (χ0) is 12.1. The maximum atomic E-state index is 5.59. The predicted molar refractivity (Wildman–Crippen MR) is 74.8 cm³/mol. The Labute approximate surface area is 113 Å². The third-order valence-electron chi connectivity index (χ3n) is 2.56. The third-order valence-corrected chi connectivity index (χ3v) is 3.89. The second-order valence-electron chi connectivity index (χ2n) is 3.87. The second-order valence-corrected chi connectivity index (χ2v) is 5.75. The molecule has 17 heavy (non-hydrogen) atoms. The van der Waals surface area contributed by atoms with Gasteiger partial charge in [-0.1, -0.05) is 28.1 Å². The van der Waals surface area contributed by atoms with Gasteiger partial charge in [0.1, 0.15) is 0 Å². The number of rotatable bonds is 5. The van der Waals surface area contributed by atoms with Gasteiger partial charge in [0, 0.05) is 28.0 Å². The number of hydrazine groups is 1. The molecule has 0 radical (unpaired) electrons. The summed E-state index contributed by atoms with van der Waals surface area (Å²) in [4.78, 5) is 5.33. The molecular formula is C12H14BrN3S. The van der Waals surface area contributed by atoms with E-state index in [1.54, 1.807) is 11.3 Å². The Balaban J connectivity index is 1.97. The van der Waals surface area contributed by atoms with Crippen molar-refractivity contribution in [2.24, 2.45) is 5.84 Å². The average Bonchev–Trinajstić information content (AvgIpc) is 2.84. The summed E-state index contributed by atoms with van der Waals surface area (Å²) in [7, 11) is 0. The van der Waals surface area contributed by atoms with Crippen molar-refractivity contribution < 1.29 is 0 Å². The summed E-state index contributed by atoms with van der Waals surface area (Å²) in [5.41, 5.74) is 6.00. The van der Waals surface area contributed by atoms with Crippen LogP contribution in [-0.2, 0) is 12.8 Å². The van der Waals surface area contributed by atoms with E-state index in [4.69, 9.17) is 5.84 Å². The molecule has 90 valence electrons. The summed E-state index contributed by atoms with van der Waals surface area (Å²) in [6.07, 6.45) is 3.73. The highest BCUT2D eigenvalue weighted by molar-refractivity contribution is 9.10. The van der Waals surface area contributed by atoms with Crippen molar-refractivity contribution in [1.29, 1.82) is 0 Å². The van der Waals surface area contributed by atoms with Gasteiger partial charge in [-0.25, -0.2) is 0 Å². The Morgan fingerprint density at radius 1 is 1.29 bits per heavy atom.